The van der Waals surface area contributed by atoms with E-state index in [0.717, 1.165) is 18.7 Å². The lowest BCUT2D eigenvalue weighted by Gasteiger charge is -2.27. The highest BCUT2D eigenvalue weighted by Crippen LogP contribution is 2.35. The third-order valence-electron chi connectivity index (χ3n) is 4.41. The van der Waals surface area contributed by atoms with E-state index in [1.807, 2.05) is 0 Å². The molecule has 5 heteroatoms. The molecule has 18 heavy (non-hydrogen) atoms. The predicted octanol–water partition coefficient (Wildman–Crippen LogP) is 1.73. The molecular formula is C13H21N3O2. The van der Waals surface area contributed by atoms with Crippen molar-refractivity contribution in [1.82, 2.24) is 15.5 Å². The van der Waals surface area contributed by atoms with Gasteiger partial charge < -0.3 is 14.8 Å². The van der Waals surface area contributed by atoms with Crippen LogP contribution in [0, 0.1) is 0 Å². The first-order valence-electron chi connectivity index (χ1n) is 6.99. The highest BCUT2D eigenvalue weighted by molar-refractivity contribution is 4.97. The maximum atomic E-state index is 9.51. The monoisotopic (exact) mass is 251 g/mol. The lowest BCUT2D eigenvalue weighted by Crippen LogP contribution is -2.45. The van der Waals surface area contributed by atoms with Crippen molar-refractivity contribution in [1.29, 1.82) is 0 Å². The number of aliphatic hydroxyl groups excluding tert-OH is 1. The number of hydrogen-bond acceptors (Lipinski definition) is 5. The molecule has 1 aromatic rings. The fourth-order valence-corrected chi connectivity index (χ4v) is 2.86. The van der Waals surface area contributed by atoms with Gasteiger partial charge in [-0.2, -0.15) is 0 Å². The molecule has 1 heterocycles. The first-order chi connectivity index (χ1) is 8.81. The minimum Gasteiger partial charge on any atom is -0.424 e. The van der Waals surface area contributed by atoms with Gasteiger partial charge in [-0.05, 0) is 25.7 Å². The average Bonchev–Trinajstić information content (AvgIpc) is 2.94. The highest BCUT2D eigenvalue weighted by Gasteiger charge is 2.33. The van der Waals surface area contributed by atoms with Crippen molar-refractivity contribution in [3.05, 3.63) is 11.8 Å². The van der Waals surface area contributed by atoms with Gasteiger partial charge in [0.05, 0.1) is 13.2 Å². The van der Waals surface area contributed by atoms with Gasteiger partial charge in [0, 0.05) is 11.5 Å². The minimum atomic E-state index is -0.120. The summed E-state index contributed by atoms with van der Waals surface area (Å²) in [6, 6.07) is 0. The van der Waals surface area contributed by atoms with Crippen LogP contribution in [0.1, 0.15) is 62.6 Å². The van der Waals surface area contributed by atoms with Gasteiger partial charge in [-0.15, -0.1) is 10.2 Å². The van der Waals surface area contributed by atoms with Crippen LogP contribution in [0.3, 0.4) is 0 Å². The second-order valence-electron chi connectivity index (χ2n) is 5.66. The van der Waals surface area contributed by atoms with E-state index < -0.39 is 0 Å². The van der Waals surface area contributed by atoms with Gasteiger partial charge in [0.2, 0.25) is 11.8 Å². The van der Waals surface area contributed by atoms with Crippen LogP contribution in [0.25, 0.3) is 0 Å². The summed E-state index contributed by atoms with van der Waals surface area (Å²) in [5.74, 6) is 1.93. The summed E-state index contributed by atoms with van der Waals surface area (Å²) in [6.07, 6.45) is 8.06. The summed E-state index contributed by atoms with van der Waals surface area (Å²) >= 11 is 0. The van der Waals surface area contributed by atoms with Gasteiger partial charge in [-0.1, -0.05) is 19.3 Å². The quantitative estimate of drug-likeness (QED) is 0.834. The lowest BCUT2D eigenvalue weighted by atomic mass is 9.85. The molecule has 0 amide bonds. The van der Waals surface area contributed by atoms with Crippen molar-refractivity contribution in [2.45, 2.75) is 62.9 Å². The Kier molecular flexibility index (Phi) is 3.35. The Hall–Kier alpha value is -0.940. The topological polar surface area (TPSA) is 71.2 Å². The Labute approximate surface area is 107 Å². The maximum Gasteiger partial charge on any atom is 0.230 e. The summed E-state index contributed by atoms with van der Waals surface area (Å²) in [7, 11) is 0. The minimum absolute atomic E-state index is 0.120. The van der Waals surface area contributed by atoms with Gasteiger partial charge in [0.15, 0.2) is 0 Å². The van der Waals surface area contributed by atoms with Crippen LogP contribution < -0.4 is 5.32 Å². The molecule has 0 saturated heterocycles. The van der Waals surface area contributed by atoms with Gasteiger partial charge >= 0.3 is 0 Å². The summed E-state index contributed by atoms with van der Waals surface area (Å²) < 4.78 is 5.67. The molecule has 100 valence electrons. The zero-order valence-electron chi connectivity index (χ0n) is 10.7. The highest BCUT2D eigenvalue weighted by atomic mass is 16.4. The van der Waals surface area contributed by atoms with E-state index in [9.17, 15) is 5.11 Å². The molecule has 0 atom stereocenters. The second-order valence-corrected chi connectivity index (χ2v) is 5.66. The van der Waals surface area contributed by atoms with Crippen LogP contribution in [0.2, 0.25) is 0 Å². The molecule has 5 nitrogen and oxygen atoms in total. The van der Waals surface area contributed by atoms with Gasteiger partial charge in [-0.25, -0.2) is 0 Å². The maximum absolute atomic E-state index is 9.51. The van der Waals surface area contributed by atoms with Gasteiger partial charge in [0.1, 0.15) is 0 Å². The number of aliphatic hydroxyl groups is 1. The molecule has 0 unspecified atom stereocenters. The zero-order chi connectivity index (χ0) is 12.4. The van der Waals surface area contributed by atoms with Crippen molar-refractivity contribution in [2.75, 3.05) is 6.61 Å². The van der Waals surface area contributed by atoms with Crippen molar-refractivity contribution < 1.29 is 9.52 Å². The molecule has 0 bridgehead atoms. The van der Waals surface area contributed by atoms with Crippen molar-refractivity contribution in [3.8, 4) is 0 Å². The summed E-state index contributed by atoms with van der Waals surface area (Å²) in [5.41, 5.74) is -0.120. The number of hydrogen-bond donors (Lipinski definition) is 2. The fraction of sp³-hybridized carbons (Fsp3) is 0.846. The number of rotatable bonds is 5. The summed E-state index contributed by atoms with van der Waals surface area (Å²) in [4.78, 5) is 0. The van der Waals surface area contributed by atoms with Gasteiger partial charge in [0.25, 0.3) is 0 Å². The number of nitrogens with one attached hydrogen (secondary N) is 1. The number of aromatic nitrogens is 2. The van der Waals surface area contributed by atoms with E-state index in [1.165, 1.54) is 32.1 Å². The molecular weight excluding hydrogens is 230 g/mol. The molecule has 2 fully saturated rings. The van der Waals surface area contributed by atoms with E-state index in [-0.39, 0.29) is 12.1 Å². The average molecular weight is 251 g/mol. The molecule has 1 aromatic heterocycles. The molecule has 0 spiro atoms. The SMILES string of the molecule is OCC1(NCc2nnc(C3CCC3)o2)CCCC1. The zero-order valence-corrected chi connectivity index (χ0v) is 10.7. The summed E-state index contributed by atoms with van der Waals surface area (Å²) in [6.45, 7) is 0.761. The smallest absolute Gasteiger partial charge is 0.230 e. The molecule has 2 saturated carbocycles. The molecule has 2 aliphatic rings. The van der Waals surface area contributed by atoms with Crippen LogP contribution >= 0.6 is 0 Å². The molecule has 2 aliphatic carbocycles. The van der Waals surface area contributed by atoms with Crippen molar-refractivity contribution in [3.63, 3.8) is 0 Å². The lowest BCUT2D eigenvalue weighted by molar-refractivity contribution is 0.159. The molecule has 2 N–H and O–H groups in total. The molecule has 3 rings (SSSR count). The van der Waals surface area contributed by atoms with Crippen LogP contribution in [0.15, 0.2) is 4.42 Å². The normalized spacial score (nSPS) is 23.2. The first-order valence-corrected chi connectivity index (χ1v) is 6.99. The van der Waals surface area contributed by atoms with E-state index in [0.29, 0.717) is 18.4 Å². The molecule has 0 aromatic carbocycles. The summed E-state index contributed by atoms with van der Waals surface area (Å²) in [5, 5.41) is 21.1. The van der Waals surface area contributed by atoms with E-state index >= 15 is 0 Å². The Balaban J connectivity index is 1.57. The van der Waals surface area contributed by atoms with E-state index in [4.69, 9.17) is 4.42 Å². The van der Waals surface area contributed by atoms with Crippen LogP contribution in [0.5, 0.6) is 0 Å². The Morgan fingerprint density at radius 1 is 1.22 bits per heavy atom. The van der Waals surface area contributed by atoms with Gasteiger partial charge in [-0.3, -0.25) is 0 Å². The Morgan fingerprint density at radius 2 is 2.00 bits per heavy atom. The van der Waals surface area contributed by atoms with Crippen LogP contribution in [-0.2, 0) is 6.54 Å². The second kappa shape index (κ2) is 4.97. The standard InChI is InChI=1S/C13H21N3O2/c17-9-13(6-1-2-7-13)14-8-11-15-16-12(18-11)10-4-3-5-10/h10,14,17H,1-9H2. The van der Waals surface area contributed by atoms with Crippen molar-refractivity contribution >= 4 is 0 Å². The third kappa shape index (κ3) is 2.29. The molecule has 0 radical (unpaired) electrons. The number of nitrogens with zero attached hydrogens (tertiary/aromatic N) is 2. The Bertz CT molecular complexity index is 395. The first kappa shape index (κ1) is 12.1. The van der Waals surface area contributed by atoms with Crippen LogP contribution in [-0.4, -0.2) is 27.4 Å². The van der Waals surface area contributed by atoms with E-state index in [2.05, 4.69) is 15.5 Å². The largest absolute Gasteiger partial charge is 0.424 e. The predicted molar refractivity (Wildman–Crippen MR) is 66.0 cm³/mol. The molecule has 0 aliphatic heterocycles. The Morgan fingerprint density at radius 3 is 2.61 bits per heavy atom. The van der Waals surface area contributed by atoms with Crippen LogP contribution in [0.4, 0.5) is 0 Å². The fourth-order valence-electron chi connectivity index (χ4n) is 2.86. The van der Waals surface area contributed by atoms with E-state index in [1.54, 1.807) is 0 Å². The van der Waals surface area contributed by atoms with Crippen molar-refractivity contribution in [2.24, 2.45) is 0 Å². The third-order valence-corrected chi connectivity index (χ3v) is 4.41.